The number of hydrogen-bond donors (Lipinski definition) is 1. The summed E-state index contributed by atoms with van der Waals surface area (Å²) in [6.07, 6.45) is 0.603. The van der Waals surface area contributed by atoms with Crippen LogP contribution in [-0.4, -0.2) is 6.04 Å². The van der Waals surface area contributed by atoms with Crippen molar-refractivity contribution in [2.45, 2.75) is 25.2 Å². The summed E-state index contributed by atoms with van der Waals surface area (Å²) >= 11 is 0. The van der Waals surface area contributed by atoms with Gasteiger partial charge in [-0.05, 0) is 19.1 Å². The maximum absolute atomic E-state index is 6.09. The fraction of sp³-hybridized carbons (Fsp3) is 0.250. The van der Waals surface area contributed by atoms with E-state index in [1.54, 1.807) is 0 Å². The monoisotopic (exact) mass is 255 g/mol. The zero-order chi connectivity index (χ0) is 13.3. The third kappa shape index (κ3) is 2.17. The Labute approximate surface area is 113 Å². The van der Waals surface area contributed by atoms with Crippen molar-refractivity contribution in [3.63, 3.8) is 0 Å². The molecule has 0 amide bonds. The van der Waals surface area contributed by atoms with Crippen molar-refractivity contribution >= 4 is 0 Å². The van der Waals surface area contributed by atoms with Crippen molar-refractivity contribution in [2.75, 3.05) is 0 Å². The summed E-state index contributed by atoms with van der Waals surface area (Å²) in [6.45, 7) is 1.96. The van der Waals surface area contributed by atoms with Crippen molar-refractivity contribution < 1.29 is 9.47 Å². The first-order valence-corrected chi connectivity index (χ1v) is 6.48. The largest absolute Gasteiger partial charge is 0.444 e. The molecule has 0 spiro atoms. The van der Waals surface area contributed by atoms with E-state index in [9.17, 15) is 0 Å². The standard InChI is InChI=1S/C16H17NO2/c1-12(17)11-16(13-7-3-2-4-8-13)18-14-9-5-6-10-15(14)19-16/h2-10,12H,11,17H2,1H3. The van der Waals surface area contributed by atoms with Gasteiger partial charge in [-0.15, -0.1) is 0 Å². The van der Waals surface area contributed by atoms with E-state index in [2.05, 4.69) is 0 Å². The normalized spacial score (nSPS) is 17.2. The lowest BCUT2D eigenvalue weighted by atomic mass is 9.99. The fourth-order valence-electron chi connectivity index (χ4n) is 2.43. The Morgan fingerprint density at radius 3 is 2.00 bits per heavy atom. The molecular weight excluding hydrogens is 238 g/mol. The molecule has 3 rings (SSSR count). The van der Waals surface area contributed by atoms with Gasteiger partial charge in [0.1, 0.15) is 0 Å². The van der Waals surface area contributed by atoms with E-state index in [-0.39, 0.29) is 6.04 Å². The highest BCUT2D eigenvalue weighted by atomic mass is 16.7. The van der Waals surface area contributed by atoms with Crippen LogP contribution < -0.4 is 15.2 Å². The molecule has 3 nitrogen and oxygen atoms in total. The molecular formula is C16H17NO2. The van der Waals surface area contributed by atoms with Gasteiger partial charge in [-0.2, -0.15) is 0 Å². The summed E-state index contributed by atoms with van der Waals surface area (Å²) < 4.78 is 12.2. The average Bonchev–Trinajstić information content (AvgIpc) is 2.78. The number of ether oxygens (including phenoxy) is 2. The molecule has 0 radical (unpaired) electrons. The quantitative estimate of drug-likeness (QED) is 0.916. The molecule has 1 unspecified atom stereocenters. The van der Waals surface area contributed by atoms with Gasteiger partial charge in [-0.1, -0.05) is 42.5 Å². The minimum absolute atomic E-state index is 0.0190. The van der Waals surface area contributed by atoms with Gasteiger partial charge < -0.3 is 15.2 Å². The molecule has 0 saturated heterocycles. The Bertz CT molecular complexity index is 541. The Balaban J connectivity index is 2.02. The zero-order valence-electron chi connectivity index (χ0n) is 10.9. The number of para-hydroxylation sites is 2. The van der Waals surface area contributed by atoms with Crippen molar-refractivity contribution in [2.24, 2.45) is 5.73 Å². The first-order valence-electron chi connectivity index (χ1n) is 6.48. The molecule has 1 heterocycles. The molecule has 2 aromatic rings. The van der Waals surface area contributed by atoms with Gasteiger partial charge in [0.05, 0.1) is 0 Å². The molecule has 0 aromatic heterocycles. The second kappa shape index (κ2) is 4.59. The average molecular weight is 255 g/mol. The molecule has 1 atom stereocenters. The van der Waals surface area contributed by atoms with Crippen LogP contribution in [0.4, 0.5) is 0 Å². The van der Waals surface area contributed by atoms with Crippen LogP contribution in [0.25, 0.3) is 0 Å². The van der Waals surface area contributed by atoms with E-state index in [4.69, 9.17) is 15.2 Å². The van der Waals surface area contributed by atoms with E-state index < -0.39 is 5.79 Å². The predicted molar refractivity (Wildman–Crippen MR) is 74.1 cm³/mol. The Kier molecular flexibility index (Phi) is 2.91. The van der Waals surface area contributed by atoms with E-state index in [1.807, 2.05) is 61.5 Å². The molecule has 3 heteroatoms. The van der Waals surface area contributed by atoms with E-state index >= 15 is 0 Å². The maximum Gasteiger partial charge on any atom is 0.279 e. The van der Waals surface area contributed by atoms with Crippen LogP contribution in [0, 0.1) is 0 Å². The summed E-state index contributed by atoms with van der Waals surface area (Å²) in [7, 11) is 0. The second-order valence-electron chi connectivity index (χ2n) is 4.95. The van der Waals surface area contributed by atoms with Gasteiger partial charge in [-0.3, -0.25) is 0 Å². The molecule has 2 N–H and O–H groups in total. The maximum atomic E-state index is 6.09. The first kappa shape index (κ1) is 12.1. The molecule has 0 bridgehead atoms. The smallest absolute Gasteiger partial charge is 0.279 e. The van der Waals surface area contributed by atoms with Gasteiger partial charge in [0.2, 0.25) is 0 Å². The van der Waals surface area contributed by atoms with Gasteiger partial charge in [0.15, 0.2) is 11.5 Å². The summed E-state index contributed by atoms with van der Waals surface area (Å²) in [5.41, 5.74) is 6.96. The minimum atomic E-state index is -0.806. The predicted octanol–water partition coefficient (Wildman–Crippen LogP) is 3.05. The molecule has 0 fully saturated rings. The molecule has 0 aliphatic carbocycles. The highest BCUT2D eigenvalue weighted by Crippen LogP contribution is 2.45. The van der Waals surface area contributed by atoms with Crippen molar-refractivity contribution in [3.05, 3.63) is 60.2 Å². The first-order chi connectivity index (χ1) is 9.20. The lowest BCUT2D eigenvalue weighted by molar-refractivity contribution is -0.0963. The van der Waals surface area contributed by atoms with Gasteiger partial charge >= 0.3 is 0 Å². The fourth-order valence-corrected chi connectivity index (χ4v) is 2.43. The van der Waals surface area contributed by atoms with Crippen LogP contribution in [-0.2, 0) is 5.79 Å². The van der Waals surface area contributed by atoms with Crippen LogP contribution in [0.15, 0.2) is 54.6 Å². The number of rotatable bonds is 3. The van der Waals surface area contributed by atoms with Crippen molar-refractivity contribution in [3.8, 4) is 11.5 Å². The van der Waals surface area contributed by atoms with E-state index in [0.29, 0.717) is 6.42 Å². The number of fused-ring (bicyclic) bond motifs is 1. The van der Waals surface area contributed by atoms with Crippen LogP contribution >= 0.6 is 0 Å². The van der Waals surface area contributed by atoms with Crippen LogP contribution in [0.3, 0.4) is 0 Å². The van der Waals surface area contributed by atoms with Crippen molar-refractivity contribution in [1.82, 2.24) is 0 Å². The highest BCUT2D eigenvalue weighted by molar-refractivity contribution is 5.44. The van der Waals surface area contributed by atoms with Crippen molar-refractivity contribution in [1.29, 1.82) is 0 Å². The Hall–Kier alpha value is -2.00. The lowest BCUT2D eigenvalue weighted by Gasteiger charge is -2.29. The SMILES string of the molecule is CC(N)CC1(c2ccccc2)Oc2ccccc2O1. The summed E-state index contributed by atoms with van der Waals surface area (Å²) in [6, 6.07) is 17.7. The minimum Gasteiger partial charge on any atom is -0.444 e. The highest BCUT2D eigenvalue weighted by Gasteiger charge is 2.43. The number of nitrogens with two attached hydrogens (primary N) is 1. The summed E-state index contributed by atoms with van der Waals surface area (Å²) in [5.74, 6) is 0.734. The molecule has 19 heavy (non-hydrogen) atoms. The van der Waals surface area contributed by atoms with E-state index in [1.165, 1.54) is 0 Å². The van der Waals surface area contributed by atoms with Crippen LogP contribution in [0.1, 0.15) is 18.9 Å². The molecule has 98 valence electrons. The van der Waals surface area contributed by atoms with Gasteiger partial charge in [0, 0.05) is 18.0 Å². The Morgan fingerprint density at radius 1 is 0.947 bits per heavy atom. The Morgan fingerprint density at radius 2 is 1.47 bits per heavy atom. The number of benzene rings is 2. The van der Waals surface area contributed by atoms with Crippen LogP contribution in [0.2, 0.25) is 0 Å². The van der Waals surface area contributed by atoms with Gasteiger partial charge in [0.25, 0.3) is 5.79 Å². The second-order valence-corrected chi connectivity index (χ2v) is 4.95. The van der Waals surface area contributed by atoms with Crippen LogP contribution in [0.5, 0.6) is 11.5 Å². The topological polar surface area (TPSA) is 44.5 Å². The summed E-state index contributed by atoms with van der Waals surface area (Å²) in [5, 5.41) is 0. The van der Waals surface area contributed by atoms with E-state index in [0.717, 1.165) is 17.1 Å². The molecule has 1 aliphatic rings. The van der Waals surface area contributed by atoms with Gasteiger partial charge in [-0.25, -0.2) is 0 Å². The lowest BCUT2D eigenvalue weighted by Crippen LogP contribution is -2.40. The third-order valence-electron chi connectivity index (χ3n) is 3.20. The third-order valence-corrected chi connectivity index (χ3v) is 3.20. The number of hydrogen-bond acceptors (Lipinski definition) is 3. The zero-order valence-corrected chi connectivity index (χ0v) is 10.9. The molecule has 1 aliphatic heterocycles. The molecule has 0 saturated carbocycles. The molecule has 2 aromatic carbocycles. The summed E-state index contributed by atoms with van der Waals surface area (Å²) in [4.78, 5) is 0.